The van der Waals surface area contributed by atoms with Crippen molar-refractivity contribution in [3.05, 3.63) is 38.0 Å². The Morgan fingerprint density at radius 2 is 2.24 bits per heavy atom. The van der Waals surface area contributed by atoms with Crippen molar-refractivity contribution in [2.45, 2.75) is 32.7 Å². The van der Waals surface area contributed by atoms with Crippen molar-refractivity contribution in [1.82, 2.24) is 10.3 Å². The van der Waals surface area contributed by atoms with E-state index < -0.39 is 0 Å². The zero-order valence-corrected chi connectivity index (χ0v) is 12.1. The molecule has 0 radical (unpaired) electrons. The number of rotatable bonds is 5. The third kappa shape index (κ3) is 3.15. The summed E-state index contributed by atoms with van der Waals surface area (Å²) in [6.45, 7) is 4.18. The summed E-state index contributed by atoms with van der Waals surface area (Å²) in [7, 11) is 2.04. The molecule has 0 amide bonds. The van der Waals surface area contributed by atoms with Crippen molar-refractivity contribution in [2.24, 2.45) is 0 Å². The molecule has 0 aliphatic carbocycles. The largest absolute Gasteiger partial charge is 0.312 e. The third-order valence-corrected chi connectivity index (χ3v) is 4.99. The number of thiazole rings is 1. The summed E-state index contributed by atoms with van der Waals surface area (Å²) >= 11 is 3.65. The predicted octanol–water partition coefficient (Wildman–Crippen LogP) is 3.71. The van der Waals surface area contributed by atoms with Crippen LogP contribution < -0.4 is 5.32 Å². The van der Waals surface area contributed by atoms with Gasteiger partial charge in [0.25, 0.3) is 0 Å². The molecule has 17 heavy (non-hydrogen) atoms. The van der Waals surface area contributed by atoms with Gasteiger partial charge in [-0.1, -0.05) is 6.07 Å². The summed E-state index contributed by atoms with van der Waals surface area (Å²) in [5.74, 6) is 0. The predicted molar refractivity (Wildman–Crippen MR) is 76.0 cm³/mol. The Balaban J connectivity index is 2.04. The van der Waals surface area contributed by atoms with Gasteiger partial charge in [0.15, 0.2) is 0 Å². The highest BCUT2D eigenvalue weighted by Gasteiger charge is 2.15. The fraction of sp³-hybridized carbons (Fsp3) is 0.462. The van der Waals surface area contributed by atoms with Crippen LogP contribution in [-0.2, 0) is 6.42 Å². The number of nitrogens with zero attached hydrogens (tertiary/aromatic N) is 1. The summed E-state index contributed by atoms with van der Waals surface area (Å²) in [6.07, 6.45) is 2.28. The molecule has 2 rings (SSSR count). The first-order valence-electron chi connectivity index (χ1n) is 5.84. The van der Waals surface area contributed by atoms with Crippen LogP contribution in [0.5, 0.6) is 0 Å². The van der Waals surface area contributed by atoms with Crippen LogP contribution in [0.25, 0.3) is 0 Å². The van der Waals surface area contributed by atoms with E-state index >= 15 is 0 Å². The van der Waals surface area contributed by atoms with Crippen LogP contribution in [0.1, 0.15) is 32.9 Å². The smallest absolute Gasteiger partial charge is 0.0900 e. The SMILES string of the molecule is CNC(CCc1cccs1)c1sc(C)nc1C. The maximum absolute atomic E-state index is 4.51. The van der Waals surface area contributed by atoms with Gasteiger partial charge in [-0.2, -0.15) is 0 Å². The van der Waals surface area contributed by atoms with Gasteiger partial charge in [0.1, 0.15) is 0 Å². The summed E-state index contributed by atoms with van der Waals surface area (Å²) in [6, 6.07) is 4.77. The topological polar surface area (TPSA) is 24.9 Å². The number of aromatic nitrogens is 1. The molecule has 2 heterocycles. The maximum atomic E-state index is 4.51. The molecule has 2 aromatic heterocycles. The second kappa shape index (κ2) is 5.76. The molecule has 0 aliphatic heterocycles. The summed E-state index contributed by atoms with van der Waals surface area (Å²) in [5, 5.41) is 6.72. The van der Waals surface area contributed by atoms with E-state index in [1.807, 2.05) is 29.7 Å². The van der Waals surface area contributed by atoms with Crippen LogP contribution >= 0.6 is 22.7 Å². The molecule has 1 unspecified atom stereocenters. The maximum Gasteiger partial charge on any atom is 0.0900 e. The van der Waals surface area contributed by atoms with Crippen LogP contribution in [0.15, 0.2) is 17.5 Å². The van der Waals surface area contributed by atoms with E-state index in [1.165, 1.54) is 15.4 Å². The molecule has 1 N–H and O–H groups in total. The number of aryl methyl sites for hydroxylation is 3. The molecule has 0 saturated heterocycles. The molecule has 2 nitrogen and oxygen atoms in total. The molecular weight excluding hydrogens is 248 g/mol. The number of hydrogen-bond acceptors (Lipinski definition) is 4. The minimum atomic E-state index is 0.434. The van der Waals surface area contributed by atoms with Gasteiger partial charge in [-0.3, -0.25) is 0 Å². The van der Waals surface area contributed by atoms with Crippen molar-refractivity contribution in [1.29, 1.82) is 0 Å². The van der Waals surface area contributed by atoms with Crippen molar-refractivity contribution >= 4 is 22.7 Å². The Hall–Kier alpha value is -0.710. The zero-order valence-electron chi connectivity index (χ0n) is 10.5. The van der Waals surface area contributed by atoms with E-state index in [1.54, 1.807) is 0 Å². The first-order chi connectivity index (χ1) is 8.20. The van der Waals surface area contributed by atoms with E-state index in [4.69, 9.17) is 0 Å². The van der Waals surface area contributed by atoms with E-state index in [0.29, 0.717) is 6.04 Å². The third-order valence-electron chi connectivity index (χ3n) is 2.86. The summed E-state index contributed by atoms with van der Waals surface area (Å²) in [4.78, 5) is 7.36. The number of thiophene rings is 1. The lowest BCUT2D eigenvalue weighted by Gasteiger charge is -2.14. The average molecular weight is 266 g/mol. The normalized spacial score (nSPS) is 12.9. The van der Waals surface area contributed by atoms with Crippen molar-refractivity contribution in [2.75, 3.05) is 7.05 Å². The molecule has 1 atom stereocenters. The van der Waals surface area contributed by atoms with Crippen LogP contribution in [0, 0.1) is 13.8 Å². The monoisotopic (exact) mass is 266 g/mol. The molecule has 92 valence electrons. The molecule has 0 spiro atoms. The second-order valence-electron chi connectivity index (χ2n) is 4.14. The standard InChI is InChI=1S/C13H18N2S2/c1-9-13(17-10(2)15-9)12(14-3)7-6-11-5-4-8-16-11/h4-5,8,12,14H,6-7H2,1-3H3. The van der Waals surface area contributed by atoms with Gasteiger partial charge in [-0.15, -0.1) is 22.7 Å². The molecule has 0 aliphatic rings. The van der Waals surface area contributed by atoms with Crippen LogP contribution in [-0.4, -0.2) is 12.0 Å². The highest BCUT2D eigenvalue weighted by molar-refractivity contribution is 7.11. The molecule has 0 saturated carbocycles. The van der Waals surface area contributed by atoms with E-state index in [9.17, 15) is 0 Å². The summed E-state index contributed by atoms with van der Waals surface area (Å²) < 4.78 is 0. The van der Waals surface area contributed by atoms with Gasteiger partial charge in [-0.25, -0.2) is 4.98 Å². The average Bonchev–Trinajstić information content (AvgIpc) is 2.90. The van der Waals surface area contributed by atoms with E-state index in [0.717, 1.165) is 17.8 Å². The fourth-order valence-electron chi connectivity index (χ4n) is 2.02. The Morgan fingerprint density at radius 3 is 2.76 bits per heavy atom. The van der Waals surface area contributed by atoms with E-state index in [2.05, 4.69) is 41.7 Å². The lowest BCUT2D eigenvalue weighted by molar-refractivity contribution is 0.556. The van der Waals surface area contributed by atoms with Crippen molar-refractivity contribution in [3.8, 4) is 0 Å². The minimum absolute atomic E-state index is 0.434. The van der Waals surface area contributed by atoms with Gasteiger partial charge in [0.2, 0.25) is 0 Å². The van der Waals surface area contributed by atoms with Gasteiger partial charge in [0, 0.05) is 15.8 Å². The van der Waals surface area contributed by atoms with Crippen LogP contribution in [0.3, 0.4) is 0 Å². The van der Waals surface area contributed by atoms with Crippen LogP contribution in [0.2, 0.25) is 0 Å². The first kappa shape index (κ1) is 12.7. The molecule has 2 aromatic rings. The molecule has 0 fully saturated rings. The van der Waals surface area contributed by atoms with Crippen LogP contribution in [0.4, 0.5) is 0 Å². The Morgan fingerprint density at radius 1 is 1.41 bits per heavy atom. The fourth-order valence-corrected chi connectivity index (χ4v) is 3.82. The van der Waals surface area contributed by atoms with Gasteiger partial charge >= 0.3 is 0 Å². The van der Waals surface area contributed by atoms with Gasteiger partial charge < -0.3 is 5.32 Å². The van der Waals surface area contributed by atoms with Crippen molar-refractivity contribution in [3.63, 3.8) is 0 Å². The number of hydrogen-bond donors (Lipinski definition) is 1. The first-order valence-corrected chi connectivity index (χ1v) is 7.54. The van der Waals surface area contributed by atoms with Gasteiger partial charge in [0.05, 0.1) is 10.7 Å². The summed E-state index contributed by atoms with van der Waals surface area (Å²) in [5.41, 5.74) is 1.18. The minimum Gasteiger partial charge on any atom is -0.312 e. The number of nitrogens with one attached hydrogen (secondary N) is 1. The van der Waals surface area contributed by atoms with E-state index in [-0.39, 0.29) is 0 Å². The van der Waals surface area contributed by atoms with Gasteiger partial charge in [-0.05, 0) is 45.2 Å². The molecule has 0 aromatic carbocycles. The Kier molecular flexibility index (Phi) is 4.31. The highest BCUT2D eigenvalue weighted by atomic mass is 32.1. The highest BCUT2D eigenvalue weighted by Crippen LogP contribution is 2.28. The zero-order chi connectivity index (χ0) is 12.3. The molecule has 0 bridgehead atoms. The quantitative estimate of drug-likeness (QED) is 0.892. The Labute approximate surface area is 111 Å². The molecular formula is C13H18N2S2. The lowest BCUT2D eigenvalue weighted by Crippen LogP contribution is -2.16. The Bertz CT molecular complexity index is 460. The lowest BCUT2D eigenvalue weighted by atomic mass is 10.1. The second-order valence-corrected chi connectivity index (χ2v) is 6.41. The van der Waals surface area contributed by atoms with Crippen molar-refractivity contribution < 1.29 is 0 Å². The molecule has 4 heteroatoms.